The monoisotopic (exact) mass is 473 g/mol. The fourth-order valence-corrected chi connectivity index (χ4v) is 5.66. The molecule has 9 nitrogen and oxygen atoms in total. The van der Waals surface area contributed by atoms with Crippen molar-refractivity contribution in [2.75, 3.05) is 26.1 Å². The highest BCUT2D eigenvalue weighted by Gasteiger charge is 2.27. The van der Waals surface area contributed by atoms with Crippen LogP contribution in [0.1, 0.15) is 33.6 Å². The smallest absolute Gasteiger partial charge is 0.246 e. The summed E-state index contributed by atoms with van der Waals surface area (Å²) in [7, 11) is -2.44. The van der Waals surface area contributed by atoms with Gasteiger partial charge in [0.25, 0.3) is 0 Å². The highest BCUT2D eigenvalue weighted by molar-refractivity contribution is 7.89. The molecule has 3 heterocycles. The number of sulfonamides is 1. The van der Waals surface area contributed by atoms with Crippen LogP contribution in [0.2, 0.25) is 0 Å². The van der Waals surface area contributed by atoms with Gasteiger partial charge >= 0.3 is 0 Å². The molecule has 0 atom stereocenters. The van der Waals surface area contributed by atoms with Crippen molar-refractivity contribution in [2.24, 2.45) is 5.92 Å². The molecule has 0 radical (unpaired) electrons. The Morgan fingerprint density at radius 1 is 1.21 bits per heavy atom. The molecular formula is C23H31N5O4S. The van der Waals surface area contributed by atoms with Gasteiger partial charge in [-0.15, -0.1) is 0 Å². The maximum atomic E-state index is 13.0. The van der Waals surface area contributed by atoms with Crippen molar-refractivity contribution in [3.63, 3.8) is 0 Å². The van der Waals surface area contributed by atoms with E-state index in [1.54, 1.807) is 33.0 Å². The number of nitrogens with one attached hydrogen (secondary N) is 1. The van der Waals surface area contributed by atoms with Crippen LogP contribution in [-0.2, 0) is 21.3 Å². The number of aromatic nitrogens is 3. The van der Waals surface area contributed by atoms with E-state index >= 15 is 0 Å². The van der Waals surface area contributed by atoms with Crippen molar-refractivity contribution in [2.45, 2.75) is 50.6 Å². The van der Waals surface area contributed by atoms with E-state index < -0.39 is 15.6 Å². The lowest BCUT2D eigenvalue weighted by Crippen LogP contribution is -2.40. The number of anilines is 1. The zero-order valence-corrected chi connectivity index (χ0v) is 20.3. The number of rotatable bonds is 6. The molecule has 0 saturated carbocycles. The van der Waals surface area contributed by atoms with Gasteiger partial charge in [0, 0.05) is 37.1 Å². The normalized spacial score (nSPS) is 15.8. The van der Waals surface area contributed by atoms with Crippen LogP contribution in [0.4, 0.5) is 5.95 Å². The van der Waals surface area contributed by atoms with Gasteiger partial charge in [-0.3, -0.25) is 0 Å². The number of hydrogen-bond donors (Lipinski definition) is 2. The van der Waals surface area contributed by atoms with E-state index in [-0.39, 0.29) is 10.8 Å². The third-order valence-electron chi connectivity index (χ3n) is 5.63. The molecule has 33 heavy (non-hydrogen) atoms. The minimum absolute atomic E-state index is 0.00671. The summed E-state index contributed by atoms with van der Waals surface area (Å²) in [6.45, 7) is 7.65. The standard InChI is InChI=1S/C23H31N5O4S/c1-23(2,3)27-33(29,30)20-12-17(13-25-21(20)31-4)16-5-6-18-19(11-16)28(22(24)26-18)14-15-7-9-32-10-8-15/h5-6,11-13,15,27H,7-10,14H2,1-4H3,(H2,24,26). The largest absolute Gasteiger partial charge is 0.480 e. The molecule has 2 aromatic heterocycles. The molecule has 3 aromatic rings. The molecule has 1 aromatic carbocycles. The van der Waals surface area contributed by atoms with Crippen LogP contribution in [0.25, 0.3) is 22.2 Å². The first-order chi connectivity index (χ1) is 15.6. The van der Waals surface area contributed by atoms with Gasteiger partial charge in [0.15, 0.2) is 0 Å². The molecule has 0 aliphatic carbocycles. The molecule has 1 aliphatic heterocycles. The molecule has 0 spiro atoms. The lowest BCUT2D eigenvalue weighted by atomic mass is 10.00. The van der Waals surface area contributed by atoms with E-state index in [9.17, 15) is 8.42 Å². The van der Waals surface area contributed by atoms with Gasteiger partial charge < -0.3 is 19.8 Å². The van der Waals surface area contributed by atoms with Crippen molar-refractivity contribution < 1.29 is 17.9 Å². The molecule has 1 fully saturated rings. The SMILES string of the molecule is COc1ncc(-c2ccc3nc(N)n(CC4CCOCC4)c3c2)cc1S(=O)(=O)NC(C)(C)C. The number of pyridine rings is 1. The summed E-state index contributed by atoms with van der Waals surface area (Å²) in [5, 5.41) is 0. The first-order valence-corrected chi connectivity index (χ1v) is 12.5. The first-order valence-electron chi connectivity index (χ1n) is 11.0. The molecule has 4 rings (SSSR count). The molecule has 1 aliphatic rings. The van der Waals surface area contributed by atoms with Crippen LogP contribution < -0.4 is 15.2 Å². The summed E-state index contributed by atoms with van der Waals surface area (Å²) in [6, 6.07) is 7.36. The van der Waals surface area contributed by atoms with Crippen LogP contribution in [-0.4, -0.2) is 48.8 Å². The summed E-state index contributed by atoms with van der Waals surface area (Å²) in [4.78, 5) is 8.77. The van der Waals surface area contributed by atoms with E-state index in [0.29, 0.717) is 17.4 Å². The Balaban J connectivity index is 1.75. The van der Waals surface area contributed by atoms with Crippen molar-refractivity contribution in [1.82, 2.24) is 19.3 Å². The maximum Gasteiger partial charge on any atom is 0.246 e. The van der Waals surface area contributed by atoms with Gasteiger partial charge in [-0.1, -0.05) is 6.07 Å². The van der Waals surface area contributed by atoms with Crippen LogP contribution in [0.5, 0.6) is 5.88 Å². The number of ether oxygens (including phenoxy) is 2. The topological polar surface area (TPSA) is 121 Å². The molecule has 0 bridgehead atoms. The third-order valence-corrected chi connectivity index (χ3v) is 7.39. The maximum absolute atomic E-state index is 13.0. The average Bonchev–Trinajstić information content (AvgIpc) is 3.07. The number of imidazole rings is 1. The Bertz CT molecular complexity index is 1260. The van der Waals surface area contributed by atoms with Crippen molar-refractivity contribution >= 4 is 27.0 Å². The first kappa shape index (κ1) is 23.5. The van der Waals surface area contributed by atoms with Gasteiger partial charge in [-0.2, -0.15) is 0 Å². The van der Waals surface area contributed by atoms with E-state index in [2.05, 4.69) is 14.7 Å². The summed E-state index contributed by atoms with van der Waals surface area (Å²) in [6.07, 6.45) is 3.59. The fraction of sp³-hybridized carbons (Fsp3) is 0.478. The minimum atomic E-state index is -3.84. The molecule has 0 amide bonds. The quantitative estimate of drug-likeness (QED) is 0.564. The van der Waals surface area contributed by atoms with E-state index in [4.69, 9.17) is 15.2 Å². The van der Waals surface area contributed by atoms with Crippen LogP contribution >= 0.6 is 0 Å². The second-order valence-electron chi connectivity index (χ2n) is 9.43. The zero-order valence-electron chi connectivity index (χ0n) is 19.5. The second-order valence-corrected chi connectivity index (χ2v) is 11.1. The van der Waals surface area contributed by atoms with Gasteiger partial charge in [-0.25, -0.2) is 23.1 Å². The number of nitrogen functional groups attached to an aromatic ring is 1. The van der Waals surface area contributed by atoms with E-state index in [1.165, 1.54) is 7.11 Å². The summed E-state index contributed by atoms with van der Waals surface area (Å²) >= 11 is 0. The number of methoxy groups -OCH3 is 1. The average molecular weight is 474 g/mol. The fourth-order valence-electron chi connectivity index (χ4n) is 4.09. The summed E-state index contributed by atoms with van der Waals surface area (Å²) < 4.78 is 41.5. The van der Waals surface area contributed by atoms with Gasteiger partial charge in [-0.05, 0) is 63.3 Å². The number of benzene rings is 1. The Hall–Kier alpha value is -2.69. The molecule has 178 valence electrons. The van der Waals surface area contributed by atoms with Crippen LogP contribution in [0, 0.1) is 5.92 Å². The molecule has 1 saturated heterocycles. The third kappa shape index (κ3) is 5.13. The highest BCUT2D eigenvalue weighted by Crippen LogP contribution is 2.31. The molecular weight excluding hydrogens is 442 g/mol. The van der Waals surface area contributed by atoms with Crippen LogP contribution in [0.15, 0.2) is 35.4 Å². The Labute approximate surface area is 194 Å². The minimum Gasteiger partial charge on any atom is -0.480 e. The van der Waals surface area contributed by atoms with Crippen LogP contribution in [0.3, 0.4) is 0 Å². The molecule has 0 unspecified atom stereocenters. The lowest BCUT2D eigenvalue weighted by molar-refractivity contribution is 0.0618. The number of hydrogen-bond acceptors (Lipinski definition) is 7. The van der Waals surface area contributed by atoms with Crippen molar-refractivity contribution in [3.8, 4) is 17.0 Å². The number of nitrogens with two attached hydrogens (primary N) is 1. The molecule has 10 heteroatoms. The summed E-state index contributed by atoms with van der Waals surface area (Å²) in [5.41, 5.74) is 8.77. The van der Waals surface area contributed by atoms with E-state index in [1.807, 2.05) is 22.8 Å². The summed E-state index contributed by atoms with van der Waals surface area (Å²) in [5.74, 6) is 0.995. The van der Waals surface area contributed by atoms with E-state index in [0.717, 1.165) is 49.2 Å². The number of nitrogens with zero attached hydrogens (tertiary/aromatic N) is 3. The zero-order chi connectivity index (χ0) is 23.8. The predicted molar refractivity (Wildman–Crippen MR) is 128 cm³/mol. The number of fused-ring (bicyclic) bond motifs is 1. The van der Waals surface area contributed by atoms with Crippen molar-refractivity contribution in [1.29, 1.82) is 0 Å². The van der Waals surface area contributed by atoms with Gasteiger partial charge in [0.2, 0.25) is 21.9 Å². The van der Waals surface area contributed by atoms with Gasteiger partial charge in [0.1, 0.15) is 4.90 Å². The Kier molecular flexibility index (Phi) is 6.35. The second kappa shape index (κ2) is 8.92. The highest BCUT2D eigenvalue weighted by atomic mass is 32.2. The van der Waals surface area contributed by atoms with Gasteiger partial charge in [0.05, 0.1) is 18.1 Å². The predicted octanol–water partition coefficient (Wildman–Crippen LogP) is 3.19. The lowest BCUT2D eigenvalue weighted by Gasteiger charge is -2.23. The Morgan fingerprint density at radius 3 is 2.61 bits per heavy atom. The molecule has 3 N–H and O–H groups in total. The van der Waals surface area contributed by atoms with Crippen molar-refractivity contribution in [3.05, 3.63) is 30.5 Å². The Morgan fingerprint density at radius 2 is 1.94 bits per heavy atom.